The fraction of sp³-hybridized carbons (Fsp3) is 0.444. The van der Waals surface area contributed by atoms with Gasteiger partial charge in [0.15, 0.2) is 5.13 Å². The van der Waals surface area contributed by atoms with Gasteiger partial charge >= 0.3 is 0 Å². The standard InChI is InChI=1S/C18H22BrN3O2S/c1-2-14(19)17(23)21-18-20-16(13-6-4-3-5-7-13)15(25-18)12-22-8-10-24-11-9-22/h3-7,14H,2,8-12H2,1H3,(H,20,21,23). The van der Waals surface area contributed by atoms with Crippen LogP contribution in [0.1, 0.15) is 18.2 Å². The zero-order chi connectivity index (χ0) is 17.6. The second-order valence-corrected chi connectivity index (χ2v) is 8.10. The number of alkyl halides is 1. The summed E-state index contributed by atoms with van der Waals surface area (Å²) in [5, 5.41) is 3.60. The number of ether oxygens (including phenoxy) is 1. The van der Waals surface area contributed by atoms with E-state index in [1.807, 2.05) is 25.1 Å². The van der Waals surface area contributed by atoms with E-state index in [9.17, 15) is 4.79 Å². The molecule has 0 radical (unpaired) electrons. The zero-order valence-corrected chi connectivity index (χ0v) is 16.6. The van der Waals surface area contributed by atoms with E-state index in [0.29, 0.717) is 5.13 Å². The number of benzene rings is 1. The maximum absolute atomic E-state index is 12.2. The smallest absolute Gasteiger partial charge is 0.239 e. The normalized spacial score (nSPS) is 16.6. The molecule has 7 heteroatoms. The number of hydrogen-bond donors (Lipinski definition) is 1. The van der Waals surface area contributed by atoms with E-state index in [1.54, 1.807) is 11.3 Å². The number of halogens is 1. The number of morpholine rings is 1. The van der Waals surface area contributed by atoms with Crippen LogP contribution in [-0.2, 0) is 16.1 Å². The van der Waals surface area contributed by atoms with E-state index >= 15 is 0 Å². The number of amides is 1. The summed E-state index contributed by atoms with van der Waals surface area (Å²) in [4.78, 5) is 20.2. The lowest BCUT2D eigenvalue weighted by atomic mass is 10.1. The Hall–Kier alpha value is -1.28. The third-order valence-corrected chi connectivity index (χ3v) is 6.11. The SMILES string of the molecule is CCC(Br)C(=O)Nc1nc(-c2ccccc2)c(CN2CCOCC2)s1. The van der Waals surface area contributed by atoms with Gasteiger partial charge in [-0.15, -0.1) is 0 Å². The fourth-order valence-electron chi connectivity index (χ4n) is 2.67. The van der Waals surface area contributed by atoms with Gasteiger partial charge in [-0.3, -0.25) is 9.69 Å². The highest BCUT2D eigenvalue weighted by molar-refractivity contribution is 9.10. The van der Waals surface area contributed by atoms with Gasteiger partial charge in [-0.2, -0.15) is 0 Å². The average Bonchev–Trinajstić information content (AvgIpc) is 3.04. The molecule has 1 fully saturated rings. The van der Waals surface area contributed by atoms with E-state index < -0.39 is 0 Å². The number of anilines is 1. The van der Waals surface area contributed by atoms with Crippen LogP contribution in [-0.4, -0.2) is 46.9 Å². The lowest BCUT2D eigenvalue weighted by Gasteiger charge is -2.26. The number of carbonyl (C=O) groups is 1. The van der Waals surface area contributed by atoms with Gasteiger partial charge in [0.1, 0.15) is 0 Å². The molecule has 134 valence electrons. The first-order valence-electron chi connectivity index (χ1n) is 8.47. The molecule has 1 N–H and O–H groups in total. The second kappa shape index (κ2) is 8.89. The van der Waals surface area contributed by atoms with Crippen molar-refractivity contribution in [2.45, 2.75) is 24.7 Å². The monoisotopic (exact) mass is 423 g/mol. The molecule has 0 bridgehead atoms. The predicted molar refractivity (Wildman–Crippen MR) is 105 cm³/mol. The molecule has 2 aromatic rings. The lowest BCUT2D eigenvalue weighted by Crippen LogP contribution is -2.35. The van der Waals surface area contributed by atoms with Crippen molar-refractivity contribution >= 4 is 38.3 Å². The van der Waals surface area contributed by atoms with Crippen molar-refractivity contribution in [1.29, 1.82) is 0 Å². The highest BCUT2D eigenvalue weighted by atomic mass is 79.9. The van der Waals surface area contributed by atoms with E-state index in [2.05, 4.69) is 38.3 Å². The summed E-state index contributed by atoms with van der Waals surface area (Å²) in [6.45, 7) is 6.18. The molecule has 1 atom stereocenters. The van der Waals surface area contributed by atoms with Crippen LogP contribution in [0.3, 0.4) is 0 Å². The lowest BCUT2D eigenvalue weighted by molar-refractivity contribution is -0.115. The van der Waals surface area contributed by atoms with E-state index in [1.165, 1.54) is 4.88 Å². The van der Waals surface area contributed by atoms with Gasteiger partial charge in [-0.05, 0) is 6.42 Å². The Labute approximate surface area is 160 Å². The Balaban J connectivity index is 1.84. The van der Waals surface area contributed by atoms with Gasteiger partial charge in [-0.1, -0.05) is 64.5 Å². The Morgan fingerprint density at radius 3 is 2.76 bits per heavy atom. The van der Waals surface area contributed by atoms with Crippen LogP contribution >= 0.6 is 27.3 Å². The maximum atomic E-state index is 12.2. The minimum absolute atomic E-state index is 0.0474. The van der Waals surface area contributed by atoms with Gasteiger partial charge in [0, 0.05) is 30.1 Å². The van der Waals surface area contributed by atoms with Crippen molar-refractivity contribution < 1.29 is 9.53 Å². The number of aromatic nitrogens is 1. The van der Waals surface area contributed by atoms with Crippen LogP contribution < -0.4 is 5.32 Å². The van der Waals surface area contributed by atoms with E-state index in [0.717, 1.165) is 50.5 Å². The first-order valence-corrected chi connectivity index (χ1v) is 10.2. The second-order valence-electron chi connectivity index (χ2n) is 5.91. The van der Waals surface area contributed by atoms with Crippen LogP contribution in [0, 0.1) is 0 Å². The summed E-state index contributed by atoms with van der Waals surface area (Å²) in [5.41, 5.74) is 2.03. The fourth-order valence-corrected chi connectivity index (χ4v) is 3.81. The molecule has 2 heterocycles. The van der Waals surface area contributed by atoms with Crippen LogP contribution in [0.25, 0.3) is 11.3 Å². The minimum atomic E-state index is -0.195. The molecule has 0 spiro atoms. The molecule has 1 aliphatic heterocycles. The highest BCUT2D eigenvalue weighted by Crippen LogP contribution is 2.32. The van der Waals surface area contributed by atoms with Crippen LogP contribution in [0.2, 0.25) is 0 Å². The summed E-state index contributed by atoms with van der Waals surface area (Å²) in [6, 6.07) is 10.1. The van der Waals surface area contributed by atoms with Crippen molar-refractivity contribution in [1.82, 2.24) is 9.88 Å². The number of nitrogens with zero attached hydrogens (tertiary/aromatic N) is 2. The summed E-state index contributed by atoms with van der Waals surface area (Å²) in [6.07, 6.45) is 0.739. The molecule has 1 aliphatic rings. The molecule has 0 aliphatic carbocycles. The molecular formula is C18H22BrN3O2S. The maximum Gasteiger partial charge on any atom is 0.239 e. The van der Waals surface area contributed by atoms with Gasteiger partial charge < -0.3 is 10.1 Å². The zero-order valence-electron chi connectivity index (χ0n) is 14.2. The van der Waals surface area contributed by atoms with Crippen molar-refractivity contribution in [2.24, 2.45) is 0 Å². The van der Waals surface area contributed by atoms with E-state index in [-0.39, 0.29) is 10.7 Å². The number of carbonyl (C=O) groups excluding carboxylic acids is 1. The van der Waals surface area contributed by atoms with E-state index in [4.69, 9.17) is 9.72 Å². The summed E-state index contributed by atoms with van der Waals surface area (Å²) in [7, 11) is 0. The molecule has 1 unspecified atom stereocenters. The van der Waals surface area contributed by atoms with Crippen molar-refractivity contribution in [3.05, 3.63) is 35.2 Å². The largest absolute Gasteiger partial charge is 0.379 e. The van der Waals surface area contributed by atoms with Crippen molar-refractivity contribution in [2.75, 3.05) is 31.6 Å². The van der Waals surface area contributed by atoms with Gasteiger partial charge in [-0.25, -0.2) is 4.98 Å². The number of thiazole rings is 1. The Bertz CT molecular complexity index is 702. The third kappa shape index (κ3) is 4.88. The van der Waals surface area contributed by atoms with Gasteiger partial charge in [0.2, 0.25) is 5.91 Å². The van der Waals surface area contributed by atoms with Crippen molar-refractivity contribution in [3.63, 3.8) is 0 Å². The van der Waals surface area contributed by atoms with Gasteiger partial charge in [0.25, 0.3) is 0 Å². The van der Waals surface area contributed by atoms with Gasteiger partial charge in [0.05, 0.1) is 23.7 Å². The molecule has 1 saturated heterocycles. The molecule has 1 aromatic carbocycles. The molecule has 1 aromatic heterocycles. The number of rotatable bonds is 6. The molecule has 5 nitrogen and oxygen atoms in total. The number of hydrogen-bond acceptors (Lipinski definition) is 5. The molecule has 1 amide bonds. The summed E-state index contributed by atoms with van der Waals surface area (Å²) < 4.78 is 5.43. The van der Waals surface area contributed by atoms with Crippen LogP contribution in [0.5, 0.6) is 0 Å². The highest BCUT2D eigenvalue weighted by Gasteiger charge is 2.20. The Morgan fingerprint density at radius 1 is 1.36 bits per heavy atom. The first-order chi connectivity index (χ1) is 12.2. The van der Waals surface area contributed by atoms with Crippen LogP contribution in [0.15, 0.2) is 30.3 Å². The average molecular weight is 424 g/mol. The molecule has 3 rings (SSSR count). The minimum Gasteiger partial charge on any atom is -0.379 e. The topological polar surface area (TPSA) is 54.5 Å². The molecular weight excluding hydrogens is 402 g/mol. The number of nitrogens with one attached hydrogen (secondary N) is 1. The summed E-state index contributed by atoms with van der Waals surface area (Å²) >= 11 is 4.95. The third-order valence-electron chi connectivity index (χ3n) is 4.09. The van der Waals surface area contributed by atoms with Crippen LogP contribution in [0.4, 0.5) is 5.13 Å². The van der Waals surface area contributed by atoms with Crippen molar-refractivity contribution in [3.8, 4) is 11.3 Å². The molecule has 25 heavy (non-hydrogen) atoms. The Morgan fingerprint density at radius 2 is 2.08 bits per heavy atom. The first kappa shape index (κ1) is 18.5. The Kier molecular flexibility index (Phi) is 6.58. The summed E-state index contributed by atoms with van der Waals surface area (Å²) in [5.74, 6) is -0.0474. The quantitative estimate of drug-likeness (QED) is 0.718. The molecule has 0 saturated carbocycles. The predicted octanol–water partition coefficient (Wildman–Crippen LogP) is 3.75.